The quantitative estimate of drug-likeness (QED) is 0.744. The Labute approximate surface area is 82.0 Å². The van der Waals surface area contributed by atoms with Gasteiger partial charge in [-0.05, 0) is 17.7 Å². The number of benzene rings is 1. The van der Waals surface area contributed by atoms with Crippen LogP contribution in [0, 0.1) is 0 Å². The van der Waals surface area contributed by atoms with Gasteiger partial charge in [-0.25, -0.2) is 4.98 Å². The molecule has 1 heterocycles. The van der Waals surface area contributed by atoms with Gasteiger partial charge in [-0.1, -0.05) is 18.7 Å². The van der Waals surface area contributed by atoms with Crippen molar-refractivity contribution in [2.45, 2.75) is 6.61 Å². The minimum Gasteiger partial charge on any atom is -0.438 e. The van der Waals surface area contributed by atoms with Crippen LogP contribution >= 0.6 is 0 Å². The Kier molecular flexibility index (Phi) is 2.33. The molecule has 0 bridgehead atoms. The fourth-order valence-corrected chi connectivity index (χ4v) is 1.30. The SMILES string of the molecule is C=Cc1ccc2oc(COC)nc2c1. The van der Waals surface area contributed by atoms with E-state index in [0.717, 1.165) is 16.7 Å². The fraction of sp³-hybridized carbons (Fsp3) is 0.182. The van der Waals surface area contributed by atoms with Crippen molar-refractivity contribution in [2.75, 3.05) is 7.11 Å². The Morgan fingerprint density at radius 1 is 1.57 bits per heavy atom. The molecule has 0 fully saturated rings. The van der Waals surface area contributed by atoms with Crippen LogP contribution in [-0.4, -0.2) is 12.1 Å². The average molecular weight is 189 g/mol. The Hall–Kier alpha value is -1.61. The van der Waals surface area contributed by atoms with Crippen molar-refractivity contribution in [3.63, 3.8) is 0 Å². The average Bonchev–Trinajstić information content (AvgIpc) is 2.59. The van der Waals surface area contributed by atoms with Crippen molar-refractivity contribution in [1.82, 2.24) is 4.98 Å². The van der Waals surface area contributed by atoms with Crippen molar-refractivity contribution < 1.29 is 9.15 Å². The zero-order chi connectivity index (χ0) is 9.97. The highest BCUT2D eigenvalue weighted by Crippen LogP contribution is 2.18. The van der Waals surface area contributed by atoms with Gasteiger partial charge in [0.15, 0.2) is 5.58 Å². The molecule has 0 atom stereocenters. The molecule has 0 saturated heterocycles. The number of oxazole rings is 1. The Morgan fingerprint density at radius 2 is 2.43 bits per heavy atom. The topological polar surface area (TPSA) is 35.3 Å². The summed E-state index contributed by atoms with van der Waals surface area (Å²) < 4.78 is 10.4. The zero-order valence-corrected chi connectivity index (χ0v) is 7.99. The third-order valence-electron chi connectivity index (χ3n) is 1.96. The first kappa shape index (κ1) is 8.97. The third-order valence-corrected chi connectivity index (χ3v) is 1.96. The van der Waals surface area contributed by atoms with Crippen molar-refractivity contribution in [1.29, 1.82) is 0 Å². The number of hydrogen-bond donors (Lipinski definition) is 0. The van der Waals surface area contributed by atoms with Crippen LogP contribution in [0.3, 0.4) is 0 Å². The number of aromatic nitrogens is 1. The van der Waals surface area contributed by atoms with Crippen LogP contribution < -0.4 is 0 Å². The van der Waals surface area contributed by atoms with E-state index in [-0.39, 0.29) is 0 Å². The molecule has 2 aromatic rings. The van der Waals surface area contributed by atoms with Crippen molar-refractivity contribution in [3.05, 3.63) is 36.2 Å². The molecule has 0 saturated carbocycles. The molecule has 72 valence electrons. The van der Waals surface area contributed by atoms with Crippen LogP contribution in [0.15, 0.2) is 29.2 Å². The summed E-state index contributed by atoms with van der Waals surface area (Å²) in [5.74, 6) is 0.601. The van der Waals surface area contributed by atoms with E-state index < -0.39 is 0 Å². The second-order valence-electron chi connectivity index (χ2n) is 2.97. The van der Waals surface area contributed by atoms with Gasteiger partial charge in [0.1, 0.15) is 12.1 Å². The number of fused-ring (bicyclic) bond motifs is 1. The fourth-order valence-electron chi connectivity index (χ4n) is 1.30. The lowest BCUT2D eigenvalue weighted by Crippen LogP contribution is -1.85. The Bertz CT molecular complexity index is 459. The molecule has 0 radical (unpaired) electrons. The monoisotopic (exact) mass is 189 g/mol. The van der Waals surface area contributed by atoms with E-state index in [2.05, 4.69) is 11.6 Å². The van der Waals surface area contributed by atoms with Crippen molar-refractivity contribution >= 4 is 17.2 Å². The first-order valence-corrected chi connectivity index (χ1v) is 4.34. The maximum absolute atomic E-state index is 5.44. The largest absolute Gasteiger partial charge is 0.438 e. The third kappa shape index (κ3) is 1.54. The van der Waals surface area contributed by atoms with Crippen LogP contribution in [0.2, 0.25) is 0 Å². The predicted octanol–water partition coefficient (Wildman–Crippen LogP) is 2.62. The maximum Gasteiger partial charge on any atom is 0.221 e. The molecule has 0 aliphatic heterocycles. The number of hydrogen-bond acceptors (Lipinski definition) is 3. The van der Waals surface area contributed by atoms with Crippen LogP contribution in [-0.2, 0) is 11.3 Å². The van der Waals surface area contributed by atoms with E-state index in [0.29, 0.717) is 12.5 Å². The Morgan fingerprint density at radius 3 is 3.14 bits per heavy atom. The number of nitrogens with zero attached hydrogens (tertiary/aromatic N) is 1. The molecule has 0 spiro atoms. The molecule has 3 heteroatoms. The van der Waals surface area contributed by atoms with E-state index in [1.54, 1.807) is 13.2 Å². The van der Waals surface area contributed by atoms with Crippen LogP contribution in [0.4, 0.5) is 0 Å². The molecule has 1 aromatic carbocycles. The molecule has 0 aliphatic rings. The summed E-state index contributed by atoms with van der Waals surface area (Å²) in [5.41, 5.74) is 2.66. The molecule has 1 aromatic heterocycles. The summed E-state index contributed by atoms with van der Waals surface area (Å²) in [6, 6.07) is 5.76. The van der Waals surface area contributed by atoms with Gasteiger partial charge in [0.25, 0.3) is 0 Å². The molecular weight excluding hydrogens is 178 g/mol. The lowest BCUT2D eigenvalue weighted by Gasteiger charge is -1.89. The van der Waals surface area contributed by atoms with E-state index in [1.165, 1.54) is 0 Å². The molecule has 2 rings (SSSR count). The van der Waals surface area contributed by atoms with Gasteiger partial charge in [-0.2, -0.15) is 0 Å². The highest BCUT2D eigenvalue weighted by atomic mass is 16.5. The molecule has 0 aliphatic carbocycles. The molecule has 14 heavy (non-hydrogen) atoms. The first-order chi connectivity index (χ1) is 6.83. The predicted molar refractivity (Wildman–Crippen MR) is 54.8 cm³/mol. The second kappa shape index (κ2) is 3.64. The summed E-state index contributed by atoms with van der Waals surface area (Å²) >= 11 is 0. The smallest absolute Gasteiger partial charge is 0.221 e. The summed E-state index contributed by atoms with van der Waals surface area (Å²) in [7, 11) is 1.62. The van der Waals surface area contributed by atoms with E-state index in [9.17, 15) is 0 Å². The number of ether oxygens (including phenoxy) is 1. The van der Waals surface area contributed by atoms with Gasteiger partial charge in [-0.3, -0.25) is 0 Å². The molecule has 3 nitrogen and oxygen atoms in total. The van der Waals surface area contributed by atoms with Gasteiger partial charge in [-0.15, -0.1) is 0 Å². The van der Waals surface area contributed by atoms with E-state index in [4.69, 9.17) is 9.15 Å². The molecule has 0 amide bonds. The summed E-state index contributed by atoms with van der Waals surface area (Å²) in [4.78, 5) is 4.27. The van der Waals surface area contributed by atoms with Crippen LogP contribution in [0.5, 0.6) is 0 Å². The van der Waals surface area contributed by atoms with Crippen molar-refractivity contribution in [2.24, 2.45) is 0 Å². The standard InChI is InChI=1S/C11H11NO2/c1-3-8-4-5-10-9(6-8)12-11(14-10)7-13-2/h3-6H,1,7H2,2H3. The van der Waals surface area contributed by atoms with Gasteiger partial charge in [0.05, 0.1) is 0 Å². The second-order valence-corrected chi connectivity index (χ2v) is 2.97. The lowest BCUT2D eigenvalue weighted by molar-refractivity contribution is 0.161. The number of rotatable bonds is 3. The van der Waals surface area contributed by atoms with Crippen molar-refractivity contribution in [3.8, 4) is 0 Å². The normalized spacial score (nSPS) is 10.6. The van der Waals surface area contributed by atoms with E-state index in [1.807, 2.05) is 18.2 Å². The molecular formula is C11H11NO2. The van der Waals surface area contributed by atoms with Gasteiger partial charge in [0, 0.05) is 7.11 Å². The van der Waals surface area contributed by atoms with Gasteiger partial charge >= 0.3 is 0 Å². The van der Waals surface area contributed by atoms with Gasteiger partial charge in [0.2, 0.25) is 5.89 Å². The van der Waals surface area contributed by atoms with Crippen LogP contribution in [0.1, 0.15) is 11.5 Å². The highest BCUT2D eigenvalue weighted by Gasteiger charge is 2.04. The minimum atomic E-state index is 0.401. The summed E-state index contributed by atoms with van der Waals surface area (Å²) in [6.45, 7) is 4.10. The Balaban J connectivity index is 2.48. The first-order valence-electron chi connectivity index (χ1n) is 4.34. The lowest BCUT2D eigenvalue weighted by atomic mass is 10.2. The van der Waals surface area contributed by atoms with E-state index >= 15 is 0 Å². The molecule has 0 unspecified atom stereocenters. The molecule has 0 N–H and O–H groups in total. The summed E-state index contributed by atoms with van der Waals surface area (Å²) in [5, 5.41) is 0. The number of methoxy groups -OCH3 is 1. The summed E-state index contributed by atoms with van der Waals surface area (Å²) in [6.07, 6.45) is 1.78. The minimum absolute atomic E-state index is 0.401. The maximum atomic E-state index is 5.44. The zero-order valence-electron chi connectivity index (χ0n) is 7.99. The van der Waals surface area contributed by atoms with Gasteiger partial charge < -0.3 is 9.15 Å². The van der Waals surface area contributed by atoms with Crippen LogP contribution in [0.25, 0.3) is 17.2 Å². The highest BCUT2D eigenvalue weighted by molar-refractivity contribution is 5.75.